The molecule has 3 unspecified atom stereocenters. The fourth-order valence-electron chi connectivity index (χ4n) is 4.24. The van der Waals surface area contributed by atoms with Gasteiger partial charge in [-0.1, -0.05) is 12.8 Å². The number of nitrogens with one attached hydrogen (secondary N) is 1. The number of likely N-dealkylation sites (tertiary alicyclic amines) is 1. The van der Waals surface area contributed by atoms with Crippen molar-refractivity contribution in [3.8, 4) is 6.07 Å². The van der Waals surface area contributed by atoms with E-state index in [0.717, 1.165) is 12.5 Å². The second-order valence-electron chi connectivity index (χ2n) is 7.26. The van der Waals surface area contributed by atoms with Crippen LogP contribution in [0.2, 0.25) is 0 Å². The summed E-state index contributed by atoms with van der Waals surface area (Å²) in [6.07, 6.45) is 11.4. The predicted molar refractivity (Wildman–Crippen MR) is 81.3 cm³/mol. The lowest BCUT2D eigenvalue weighted by atomic mass is 9.85. The number of hydrogen-bond donors (Lipinski definition) is 1. The van der Waals surface area contributed by atoms with Crippen molar-refractivity contribution in [3.63, 3.8) is 0 Å². The van der Waals surface area contributed by atoms with E-state index in [9.17, 15) is 5.26 Å². The predicted octanol–water partition coefficient (Wildman–Crippen LogP) is 3.07. The molecule has 0 aromatic carbocycles. The summed E-state index contributed by atoms with van der Waals surface area (Å²) in [5, 5.41) is 13.4. The number of piperidine rings is 1. The van der Waals surface area contributed by atoms with E-state index in [-0.39, 0.29) is 5.54 Å². The minimum Gasteiger partial charge on any atom is -0.301 e. The molecule has 0 spiro atoms. The van der Waals surface area contributed by atoms with Gasteiger partial charge in [0.05, 0.1) is 6.07 Å². The molecular formula is C17H29N3. The van der Waals surface area contributed by atoms with Gasteiger partial charge < -0.3 is 4.90 Å². The summed E-state index contributed by atoms with van der Waals surface area (Å²) in [4.78, 5) is 2.65. The number of nitriles is 1. The Hall–Kier alpha value is -0.590. The van der Waals surface area contributed by atoms with Crippen LogP contribution in [0, 0.1) is 17.2 Å². The van der Waals surface area contributed by atoms with E-state index >= 15 is 0 Å². The summed E-state index contributed by atoms with van der Waals surface area (Å²) in [5.41, 5.74) is -0.194. The maximum atomic E-state index is 9.73. The van der Waals surface area contributed by atoms with Crippen molar-refractivity contribution in [2.75, 3.05) is 13.1 Å². The zero-order chi connectivity index (χ0) is 14.0. The van der Waals surface area contributed by atoms with Crippen LogP contribution < -0.4 is 5.32 Å². The number of hydrogen-bond acceptors (Lipinski definition) is 3. The molecule has 3 heteroatoms. The molecule has 3 rings (SSSR count). The van der Waals surface area contributed by atoms with Gasteiger partial charge in [-0.25, -0.2) is 0 Å². The molecular weight excluding hydrogens is 246 g/mol. The van der Waals surface area contributed by atoms with Gasteiger partial charge in [0.25, 0.3) is 0 Å². The SMILES string of the molecule is CC1CCCCN1CCC1CCCC1(C#N)NC1CC1. The zero-order valence-electron chi connectivity index (χ0n) is 12.9. The standard InChI is InChI=1S/C17H29N3/c1-14-5-2-3-11-20(14)12-9-15-6-4-10-17(15,13-18)19-16-7-8-16/h14-16,19H,2-12H2,1H3. The van der Waals surface area contributed by atoms with Crippen molar-refractivity contribution < 1.29 is 0 Å². The van der Waals surface area contributed by atoms with Crippen LogP contribution in [0.4, 0.5) is 0 Å². The third-order valence-electron chi connectivity index (χ3n) is 5.76. The summed E-state index contributed by atoms with van der Waals surface area (Å²) in [7, 11) is 0. The Balaban J connectivity index is 1.56. The van der Waals surface area contributed by atoms with Crippen molar-refractivity contribution in [1.82, 2.24) is 10.2 Å². The lowest BCUT2D eigenvalue weighted by Gasteiger charge is -2.36. The normalized spacial score (nSPS) is 38.8. The molecule has 0 bridgehead atoms. The van der Waals surface area contributed by atoms with E-state index in [0.29, 0.717) is 12.0 Å². The molecule has 3 nitrogen and oxygen atoms in total. The summed E-state index contributed by atoms with van der Waals surface area (Å²) in [6.45, 7) is 4.83. The molecule has 0 aromatic rings. The molecule has 2 saturated carbocycles. The largest absolute Gasteiger partial charge is 0.301 e. The van der Waals surface area contributed by atoms with Crippen molar-refractivity contribution >= 4 is 0 Å². The van der Waals surface area contributed by atoms with Crippen LogP contribution in [0.25, 0.3) is 0 Å². The highest BCUT2D eigenvalue weighted by molar-refractivity contribution is 5.16. The topological polar surface area (TPSA) is 39.1 Å². The van der Waals surface area contributed by atoms with Crippen LogP contribution in [0.5, 0.6) is 0 Å². The van der Waals surface area contributed by atoms with Gasteiger partial charge in [0.15, 0.2) is 0 Å². The van der Waals surface area contributed by atoms with Crippen molar-refractivity contribution in [3.05, 3.63) is 0 Å². The van der Waals surface area contributed by atoms with Crippen LogP contribution in [0.15, 0.2) is 0 Å². The third-order valence-corrected chi connectivity index (χ3v) is 5.76. The highest BCUT2D eigenvalue weighted by Crippen LogP contribution is 2.40. The lowest BCUT2D eigenvalue weighted by molar-refractivity contribution is 0.142. The van der Waals surface area contributed by atoms with Crippen LogP contribution in [0.1, 0.15) is 64.7 Å². The molecule has 0 radical (unpaired) electrons. The van der Waals surface area contributed by atoms with Crippen LogP contribution in [-0.4, -0.2) is 35.6 Å². The van der Waals surface area contributed by atoms with Crippen molar-refractivity contribution in [2.24, 2.45) is 5.92 Å². The molecule has 3 atom stereocenters. The first-order chi connectivity index (χ1) is 9.73. The molecule has 1 N–H and O–H groups in total. The molecule has 2 aliphatic carbocycles. The van der Waals surface area contributed by atoms with E-state index < -0.39 is 0 Å². The average Bonchev–Trinajstić information content (AvgIpc) is 3.18. The second kappa shape index (κ2) is 6.03. The Morgan fingerprint density at radius 1 is 1.20 bits per heavy atom. The number of nitrogens with zero attached hydrogens (tertiary/aromatic N) is 2. The van der Waals surface area contributed by atoms with Gasteiger partial charge in [-0.05, 0) is 70.9 Å². The number of rotatable bonds is 5. The maximum Gasteiger partial charge on any atom is 0.109 e. The molecule has 0 aromatic heterocycles. The van der Waals surface area contributed by atoms with E-state index in [4.69, 9.17) is 0 Å². The monoisotopic (exact) mass is 275 g/mol. The minimum atomic E-state index is -0.194. The highest BCUT2D eigenvalue weighted by Gasteiger charge is 2.45. The Morgan fingerprint density at radius 3 is 2.75 bits per heavy atom. The Kier molecular flexibility index (Phi) is 4.33. The van der Waals surface area contributed by atoms with E-state index in [1.807, 2.05) is 0 Å². The highest BCUT2D eigenvalue weighted by atomic mass is 15.2. The van der Waals surface area contributed by atoms with Crippen molar-refractivity contribution in [1.29, 1.82) is 5.26 Å². The molecule has 1 aliphatic heterocycles. The average molecular weight is 275 g/mol. The Labute approximate surface area is 123 Å². The second-order valence-corrected chi connectivity index (χ2v) is 7.26. The van der Waals surface area contributed by atoms with Crippen molar-refractivity contribution in [2.45, 2.75) is 82.3 Å². The van der Waals surface area contributed by atoms with E-state index in [2.05, 4.69) is 23.2 Å². The van der Waals surface area contributed by atoms with Gasteiger partial charge in [-0.15, -0.1) is 0 Å². The third kappa shape index (κ3) is 3.02. The summed E-state index contributed by atoms with van der Waals surface area (Å²) in [6, 6.07) is 4.06. The fraction of sp³-hybridized carbons (Fsp3) is 0.941. The minimum absolute atomic E-state index is 0.194. The molecule has 3 aliphatic rings. The van der Waals surface area contributed by atoms with Gasteiger partial charge >= 0.3 is 0 Å². The van der Waals surface area contributed by atoms with Gasteiger partial charge in [-0.2, -0.15) is 5.26 Å². The first-order valence-electron chi connectivity index (χ1n) is 8.66. The molecule has 0 amide bonds. The molecule has 1 saturated heterocycles. The molecule has 3 fully saturated rings. The maximum absolute atomic E-state index is 9.73. The van der Waals surface area contributed by atoms with E-state index in [1.54, 1.807) is 0 Å². The molecule has 1 heterocycles. The summed E-state index contributed by atoms with van der Waals surface area (Å²) in [5.74, 6) is 0.572. The molecule has 112 valence electrons. The van der Waals surface area contributed by atoms with Crippen LogP contribution in [-0.2, 0) is 0 Å². The zero-order valence-corrected chi connectivity index (χ0v) is 12.9. The summed E-state index contributed by atoms with van der Waals surface area (Å²) >= 11 is 0. The Morgan fingerprint density at radius 2 is 2.05 bits per heavy atom. The quantitative estimate of drug-likeness (QED) is 0.838. The first-order valence-corrected chi connectivity index (χ1v) is 8.66. The lowest BCUT2D eigenvalue weighted by Crippen LogP contribution is -2.49. The fourth-order valence-corrected chi connectivity index (χ4v) is 4.24. The smallest absolute Gasteiger partial charge is 0.109 e. The van der Waals surface area contributed by atoms with Crippen LogP contribution in [0.3, 0.4) is 0 Å². The van der Waals surface area contributed by atoms with Gasteiger partial charge in [0, 0.05) is 12.1 Å². The molecule has 20 heavy (non-hydrogen) atoms. The first kappa shape index (κ1) is 14.4. The van der Waals surface area contributed by atoms with Gasteiger partial charge in [0.2, 0.25) is 0 Å². The Bertz CT molecular complexity index is 371. The summed E-state index contributed by atoms with van der Waals surface area (Å²) < 4.78 is 0. The van der Waals surface area contributed by atoms with Gasteiger partial charge in [0.1, 0.15) is 5.54 Å². The van der Waals surface area contributed by atoms with E-state index in [1.165, 1.54) is 64.5 Å². The van der Waals surface area contributed by atoms with Crippen LogP contribution >= 0.6 is 0 Å². The van der Waals surface area contributed by atoms with Gasteiger partial charge in [-0.3, -0.25) is 5.32 Å².